The van der Waals surface area contributed by atoms with E-state index in [9.17, 15) is 4.79 Å². The van der Waals surface area contributed by atoms with Gasteiger partial charge < -0.3 is 13.7 Å². The van der Waals surface area contributed by atoms with E-state index in [1.807, 2.05) is 18.9 Å². The lowest BCUT2D eigenvalue weighted by molar-refractivity contribution is -0.145. The zero-order chi connectivity index (χ0) is 14.5. The molecule has 7 heteroatoms. The summed E-state index contributed by atoms with van der Waals surface area (Å²) < 4.78 is 15.0. The molecule has 0 fully saturated rings. The molecule has 0 saturated carbocycles. The molecule has 0 N–H and O–H groups in total. The fourth-order valence-corrected chi connectivity index (χ4v) is 1.86. The van der Waals surface area contributed by atoms with Crippen LogP contribution in [0.1, 0.15) is 12.8 Å². The summed E-state index contributed by atoms with van der Waals surface area (Å²) in [7, 11) is 3.25. The Labute approximate surface area is 116 Å². The number of rotatable bonds is 6. The Bertz CT molecular complexity index is 550. The van der Waals surface area contributed by atoms with Crippen LogP contribution in [0.5, 0.6) is 0 Å². The molecule has 20 heavy (non-hydrogen) atoms. The molecule has 0 spiro atoms. The molecule has 1 unspecified atom stereocenters. The van der Waals surface area contributed by atoms with E-state index in [1.54, 1.807) is 18.4 Å². The number of ether oxygens (including phenoxy) is 1. The highest BCUT2D eigenvalue weighted by Gasteiger charge is 2.18. The van der Waals surface area contributed by atoms with Crippen molar-refractivity contribution in [1.29, 1.82) is 0 Å². The highest BCUT2D eigenvalue weighted by atomic mass is 16.5. The zero-order valence-electron chi connectivity index (χ0n) is 11.7. The van der Waals surface area contributed by atoms with Gasteiger partial charge in [0.2, 0.25) is 11.7 Å². The summed E-state index contributed by atoms with van der Waals surface area (Å²) in [5, 5.41) is 3.84. The van der Waals surface area contributed by atoms with Crippen LogP contribution in [0, 0.1) is 5.92 Å². The number of esters is 1. The molecule has 0 radical (unpaired) electrons. The monoisotopic (exact) mass is 279 g/mol. The first-order valence-corrected chi connectivity index (χ1v) is 6.23. The lowest BCUT2D eigenvalue weighted by Crippen LogP contribution is -2.29. The van der Waals surface area contributed by atoms with Crippen LogP contribution in [0.25, 0.3) is 11.6 Å². The lowest BCUT2D eigenvalue weighted by atomic mass is 10.2. The maximum atomic E-state index is 11.3. The van der Waals surface area contributed by atoms with Gasteiger partial charge in [0.1, 0.15) is 0 Å². The third-order valence-corrected chi connectivity index (χ3v) is 2.80. The van der Waals surface area contributed by atoms with Crippen molar-refractivity contribution in [2.24, 2.45) is 5.92 Å². The molecule has 0 amide bonds. The van der Waals surface area contributed by atoms with Crippen LogP contribution in [-0.2, 0) is 16.1 Å². The van der Waals surface area contributed by atoms with Gasteiger partial charge in [-0.25, -0.2) is 0 Å². The quantitative estimate of drug-likeness (QED) is 0.742. The second-order valence-corrected chi connectivity index (χ2v) is 4.61. The normalized spacial score (nSPS) is 12.6. The van der Waals surface area contributed by atoms with Crippen LogP contribution in [0.4, 0.5) is 0 Å². The van der Waals surface area contributed by atoms with Crippen LogP contribution in [0.3, 0.4) is 0 Å². The molecule has 2 aromatic rings. The summed E-state index contributed by atoms with van der Waals surface area (Å²) in [4.78, 5) is 17.5. The molecule has 0 aromatic carbocycles. The summed E-state index contributed by atoms with van der Waals surface area (Å²) in [5.41, 5.74) is 0. The standard InChI is InChI=1S/C13H17N3O4/c1-9(13(17)18-3)7-16(2)8-11-14-12(15-20-11)10-5-4-6-19-10/h4-6,9H,7-8H2,1-3H3. The van der Waals surface area contributed by atoms with Gasteiger partial charge in [0, 0.05) is 6.54 Å². The van der Waals surface area contributed by atoms with E-state index in [2.05, 4.69) is 14.9 Å². The SMILES string of the molecule is COC(=O)C(C)CN(C)Cc1nc(-c2ccco2)no1. The summed E-state index contributed by atoms with van der Waals surface area (Å²) in [6, 6.07) is 3.52. The number of carbonyl (C=O) groups excluding carboxylic acids is 1. The number of carbonyl (C=O) groups is 1. The Morgan fingerprint density at radius 2 is 2.35 bits per heavy atom. The van der Waals surface area contributed by atoms with Gasteiger partial charge in [0.05, 0.1) is 25.8 Å². The van der Waals surface area contributed by atoms with E-state index < -0.39 is 0 Å². The van der Waals surface area contributed by atoms with Crippen LogP contribution in [0.2, 0.25) is 0 Å². The van der Waals surface area contributed by atoms with Crippen molar-refractivity contribution < 1.29 is 18.5 Å². The van der Waals surface area contributed by atoms with Crippen molar-refractivity contribution >= 4 is 5.97 Å². The molecule has 1 atom stereocenters. The summed E-state index contributed by atoms with van der Waals surface area (Å²) in [5.74, 6) is 0.997. The number of nitrogens with zero attached hydrogens (tertiary/aromatic N) is 3. The second kappa shape index (κ2) is 6.33. The molecule has 0 aliphatic carbocycles. The molecule has 0 aliphatic heterocycles. The van der Waals surface area contributed by atoms with E-state index in [4.69, 9.17) is 8.94 Å². The van der Waals surface area contributed by atoms with Crippen LogP contribution in [0.15, 0.2) is 27.3 Å². The molecule has 2 aromatic heterocycles. The number of furan rings is 1. The highest BCUT2D eigenvalue weighted by Crippen LogP contribution is 2.16. The molecule has 0 saturated heterocycles. The van der Waals surface area contributed by atoms with E-state index >= 15 is 0 Å². The molecule has 2 heterocycles. The minimum atomic E-state index is -0.237. The summed E-state index contributed by atoms with van der Waals surface area (Å²) >= 11 is 0. The summed E-state index contributed by atoms with van der Waals surface area (Å²) in [6.07, 6.45) is 1.55. The second-order valence-electron chi connectivity index (χ2n) is 4.61. The first kappa shape index (κ1) is 14.3. The van der Waals surface area contributed by atoms with Crippen molar-refractivity contribution in [3.05, 3.63) is 24.3 Å². The van der Waals surface area contributed by atoms with Crippen molar-refractivity contribution in [3.8, 4) is 11.6 Å². The molecule has 7 nitrogen and oxygen atoms in total. The number of aromatic nitrogens is 2. The van der Waals surface area contributed by atoms with Gasteiger partial charge in [0.15, 0.2) is 5.76 Å². The fraction of sp³-hybridized carbons (Fsp3) is 0.462. The molecule has 0 bridgehead atoms. The Morgan fingerprint density at radius 3 is 3.00 bits per heavy atom. The number of hydrogen-bond acceptors (Lipinski definition) is 7. The van der Waals surface area contributed by atoms with Crippen LogP contribution >= 0.6 is 0 Å². The lowest BCUT2D eigenvalue weighted by Gasteiger charge is -2.17. The van der Waals surface area contributed by atoms with Crippen molar-refractivity contribution in [2.45, 2.75) is 13.5 Å². The molecule has 2 rings (SSSR count). The topological polar surface area (TPSA) is 81.6 Å². The minimum absolute atomic E-state index is 0.211. The predicted octanol–water partition coefficient (Wildman–Crippen LogP) is 1.57. The van der Waals surface area contributed by atoms with Crippen LogP contribution in [-0.4, -0.2) is 41.7 Å². The maximum absolute atomic E-state index is 11.3. The number of hydrogen-bond donors (Lipinski definition) is 0. The average Bonchev–Trinajstić information content (AvgIpc) is 3.07. The molecular weight excluding hydrogens is 262 g/mol. The van der Waals surface area contributed by atoms with Crippen molar-refractivity contribution in [1.82, 2.24) is 15.0 Å². The molecular formula is C13H17N3O4. The summed E-state index contributed by atoms with van der Waals surface area (Å²) in [6.45, 7) is 2.81. The first-order chi connectivity index (χ1) is 9.60. The Morgan fingerprint density at radius 1 is 1.55 bits per heavy atom. The van der Waals surface area contributed by atoms with Crippen molar-refractivity contribution in [2.75, 3.05) is 20.7 Å². The van der Waals surface area contributed by atoms with Crippen molar-refractivity contribution in [3.63, 3.8) is 0 Å². The highest BCUT2D eigenvalue weighted by molar-refractivity contribution is 5.72. The van der Waals surface area contributed by atoms with E-state index in [-0.39, 0.29) is 11.9 Å². The van der Waals surface area contributed by atoms with Gasteiger partial charge in [-0.15, -0.1) is 0 Å². The Hall–Kier alpha value is -2.15. The third kappa shape index (κ3) is 3.45. The van der Waals surface area contributed by atoms with Crippen LogP contribution < -0.4 is 0 Å². The van der Waals surface area contributed by atoms with Gasteiger partial charge in [0.25, 0.3) is 0 Å². The Kier molecular flexibility index (Phi) is 4.52. The average molecular weight is 279 g/mol. The van der Waals surface area contributed by atoms with Gasteiger partial charge >= 0.3 is 5.97 Å². The number of methoxy groups -OCH3 is 1. The van der Waals surface area contributed by atoms with E-state index in [0.717, 1.165) is 0 Å². The zero-order valence-corrected chi connectivity index (χ0v) is 11.7. The third-order valence-electron chi connectivity index (χ3n) is 2.80. The largest absolute Gasteiger partial charge is 0.469 e. The fourth-order valence-electron chi connectivity index (χ4n) is 1.86. The smallest absolute Gasteiger partial charge is 0.309 e. The van der Waals surface area contributed by atoms with Gasteiger partial charge in [-0.2, -0.15) is 4.98 Å². The van der Waals surface area contributed by atoms with Gasteiger partial charge in [-0.1, -0.05) is 12.1 Å². The first-order valence-electron chi connectivity index (χ1n) is 6.23. The minimum Gasteiger partial charge on any atom is -0.469 e. The predicted molar refractivity (Wildman–Crippen MR) is 69.5 cm³/mol. The van der Waals surface area contributed by atoms with E-state index in [0.29, 0.717) is 30.6 Å². The Balaban J connectivity index is 1.92. The molecule has 0 aliphatic rings. The maximum Gasteiger partial charge on any atom is 0.309 e. The van der Waals surface area contributed by atoms with Gasteiger partial charge in [-0.05, 0) is 19.2 Å². The van der Waals surface area contributed by atoms with E-state index in [1.165, 1.54) is 7.11 Å². The van der Waals surface area contributed by atoms with Gasteiger partial charge in [-0.3, -0.25) is 9.69 Å². The molecule has 108 valence electrons.